The molecule has 0 fully saturated rings. The van der Waals surface area contributed by atoms with Crippen molar-refractivity contribution in [1.29, 1.82) is 0 Å². The molecule has 0 bridgehead atoms. The van der Waals surface area contributed by atoms with Crippen molar-refractivity contribution >= 4 is 11.6 Å². The second kappa shape index (κ2) is 5.51. The van der Waals surface area contributed by atoms with Crippen LogP contribution in [-0.4, -0.2) is 17.6 Å². The second-order valence-electron chi connectivity index (χ2n) is 4.02. The van der Waals surface area contributed by atoms with Crippen LogP contribution in [0.4, 0.5) is 5.69 Å². The van der Waals surface area contributed by atoms with E-state index in [1.54, 1.807) is 13.0 Å². The van der Waals surface area contributed by atoms with Gasteiger partial charge >= 0.3 is 0 Å². The summed E-state index contributed by atoms with van der Waals surface area (Å²) in [7, 11) is 0. The van der Waals surface area contributed by atoms with Gasteiger partial charge < -0.3 is 14.8 Å². The van der Waals surface area contributed by atoms with E-state index in [1.165, 1.54) is 6.26 Å². The number of furan rings is 1. The van der Waals surface area contributed by atoms with Gasteiger partial charge in [-0.3, -0.25) is 4.79 Å². The molecule has 2 aromatic rings. The Morgan fingerprint density at radius 3 is 2.56 bits per heavy atom. The minimum Gasteiger partial charge on any atom is -0.469 e. The average molecular weight is 245 g/mol. The fraction of sp³-hybridized carbons (Fsp3) is 0.214. The molecule has 1 heterocycles. The molecular weight excluding hydrogens is 230 g/mol. The van der Waals surface area contributed by atoms with E-state index in [-0.39, 0.29) is 12.5 Å². The van der Waals surface area contributed by atoms with E-state index in [9.17, 15) is 4.79 Å². The van der Waals surface area contributed by atoms with Gasteiger partial charge in [-0.05, 0) is 37.1 Å². The van der Waals surface area contributed by atoms with Crippen molar-refractivity contribution in [3.63, 3.8) is 0 Å². The Morgan fingerprint density at radius 2 is 2.00 bits per heavy atom. The quantitative estimate of drug-likeness (QED) is 0.869. The lowest BCUT2D eigenvalue weighted by atomic mass is 10.1. The molecule has 0 saturated carbocycles. The molecule has 18 heavy (non-hydrogen) atoms. The first-order valence-electron chi connectivity index (χ1n) is 5.76. The molecule has 0 radical (unpaired) electrons. The van der Waals surface area contributed by atoms with Gasteiger partial charge in [-0.1, -0.05) is 12.1 Å². The van der Waals surface area contributed by atoms with E-state index in [4.69, 9.17) is 9.52 Å². The summed E-state index contributed by atoms with van der Waals surface area (Å²) in [4.78, 5) is 11.9. The van der Waals surface area contributed by atoms with Crippen LogP contribution in [-0.2, 0) is 6.42 Å². The molecule has 1 aromatic carbocycles. The van der Waals surface area contributed by atoms with Gasteiger partial charge in [-0.25, -0.2) is 0 Å². The zero-order valence-corrected chi connectivity index (χ0v) is 10.1. The summed E-state index contributed by atoms with van der Waals surface area (Å²) in [6.07, 6.45) is 2.11. The number of anilines is 1. The molecule has 0 saturated heterocycles. The molecule has 0 atom stereocenters. The maximum Gasteiger partial charge on any atom is 0.259 e. The van der Waals surface area contributed by atoms with Crippen LogP contribution in [0.3, 0.4) is 0 Å². The first-order chi connectivity index (χ1) is 8.70. The number of nitrogens with one attached hydrogen (secondary N) is 1. The molecule has 0 aliphatic carbocycles. The van der Waals surface area contributed by atoms with Gasteiger partial charge in [0, 0.05) is 12.3 Å². The summed E-state index contributed by atoms with van der Waals surface area (Å²) in [6, 6.07) is 9.05. The highest BCUT2D eigenvalue weighted by molar-refractivity contribution is 6.04. The first kappa shape index (κ1) is 12.4. The Balaban J connectivity index is 2.05. The highest BCUT2D eigenvalue weighted by atomic mass is 16.3. The monoisotopic (exact) mass is 245 g/mol. The highest BCUT2D eigenvalue weighted by Gasteiger charge is 2.11. The van der Waals surface area contributed by atoms with Crippen LogP contribution >= 0.6 is 0 Å². The smallest absolute Gasteiger partial charge is 0.259 e. The van der Waals surface area contributed by atoms with E-state index >= 15 is 0 Å². The fourth-order valence-corrected chi connectivity index (χ4v) is 1.70. The number of carbonyl (C=O) groups excluding carboxylic acids is 1. The molecule has 1 aromatic heterocycles. The zero-order valence-electron chi connectivity index (χ0n) is 10.1. The predicted molar refractivity (Wildman–Crippen MR) is 68.6 cm³/mol. The number of aryl methyl sites for hydroxylation is 1. The van der Waals surface area contributed by atoms with E-state index in [0.717, 1.165) is 11.3 Å². The number of carbonyl (C=O) groups is 1. The number of amides is 1. The van der Waals surface area contributed by atoms with Gasteiger partial charge in [0.05, 0.1) is 11.8 Å². The summed E-state index contributed by atoms with van der Waals surface area (Å²) in [5.41, 5.74) is 2.30. The maximum atomic E-state index is 11.9. The Morgan fingerprint density at radius 1 is 1.28 bits per heavy atom. The molecule has 1 amide bonds. The number of hydrogen-bond acceptors (Lipinski definition) is 3. The number of aliphatic hydroxyl groups is 1. The molecule has 0 aliphatic rings. The number of hydrogen-bond donors (Lipinski definition) is 2. The largest absolute Gasteiger partial charge is 0.469 e. The Hall–Kier alpha value is -2.07. The third-order valence-corrected chi connectivity index (χ3v) is 2.72. The van der Waals surface area contributed by atoms with Crippen molar-refractivity contribution in [1.82, 2.24) is 0 Å². The minimum absolute atomic E-state index is 0.125. The zero-order chi connectivity index (χ0) is 13.0. The van der Waals surface area contributed by atoms with Crippen LogP contribution in [0.1, 0.15) is 21.7 Å². The van der Waals surface area contributed by atoms with Gasteiger partial charge in [0.15, 0.2) is 0 Å². The summed E-state index contributed by atoms with van der Waals surface area (Å²) < 4.78 is 5.09. The summed E-state index contributed by atoms with van der Waals surface area (Å²) >= 11 is 0. The van der Waals surface area contributed by atoms with Crippen LogP contribution in [0.15, 0.2) is 41.0 Å². The second-order valence-corrected chi connectivity index (χ2v) is 4.02. The topological polar surface area (TPSA) is 62.5 Å². The van der Waals surface area contributed by atoms with Crippen molar-refractivity contribution in [3.8, 4) is 0 Å². The lowest BCUT2D eigenvalue weighted by Gasteiger charge is -2.05. The van der Waals surface area contributed by atoms with Crippen LogP contribution in [0.5, 0.6) is 0 Å². The van der Waals surface area contributed by atoms with Gasteiger partial charge in [-0.15, -0.1) is 0 Å². The van der Waals surface area contributed by atoms with Crippen molar-refractivity contribution < 1.29 is 14.3 Å². The fourth-order valence-electron chi connectivity index (χ4n) is 1.70. The maximum absolute atomic E-state index is 11.9. The van der Waals surface area contributed by atoms with E-state index < -0.39 is 0 Å². The molecule has 94 valence electrons. The van der Waals surface area contributed by atoms with Gasteiger partial charge in [0.25, 0.3) is 5.91 Å². The summed E-state index contributed by atoms with van der Waals surface area (Å²) in [5.74, 6) is 0.417. The highest BCUT2D eigenvalue weighted by Crippen LogP contribution is 2.14. The molecule has 0 unspecified atom stereocenters. The third-order valence-electron chi connectivity index (χ3n) is 2.72. The molecule has 4 nitrogen and oxygen atoms in total. The molecule has 0 aliphatic heterocycles. The first-order valence-corrected chi connectivity index (χ1v) is 5.76. The van der Waals surface area contributed by atoms with Crippen molar-refractivity contribution in [2.45, 2.75) is 13.3 Å². The predicted octanol–water partition coefficient (Wildman–Crippen LogP) is 2.38. The van der Waals surface area contributed by atoms with E-state index in [2.05, 4.69) is 5.32 Å². The van der Waals surface area contributed by atoms with Gasteiger partial charge in [0.2, 0.25) is 0 Å². The van der Waals surface area contributed by atoms with Crippen molar-refractivity contribution in [2.24, 2.45) is 0 Å². The number of benzene rings is 1. The molecular formula is C14H15NO3. The van der Waals surface area contributed by atoms with Crippen LogP contribution in [0, 0.1) is 6.92 Å². The molecule has 2 N–H and O–H groups in total. The van der Waals surface area contributed by atoms with Crippen LogP contribution < -0.4 is 5.32 Å². The molecule has 4 heteroatoms. The standard InChI is InChI=1S/C14H15NO3/c1-10-13(7-9-18-10)14(17)15-12-4-2-11(3-5-12)6-8-16/h2-5,7,9,16H,6,8H2,1H3,(H,15,17). The Bertz CT molecular complexity index is 528. The normalized spacial score (nSPS) is 10.3. The Labute approximate surface area is 105 Å². The van der Waals surface area contributed by atoms with Crippen LogP contribution in [0.25, 0.3) is 0 Å². The lowest BCUT2D eigenvalue weighted by Crippen LogP contribution is -2.12. The van der Waals surface area contributed by atoms with E-state index in [0.29, 0.717) is 17.7 Å². The van der Waals surface area contributed by atoms with E-state index in [1.807, 2.05) is 24.3 Å². The van der Waals surface area contributed by atoms with Crippen molar-refractivity contribution in [3.05, 3.63) is 53.5 Å². The number of aliphatic hydroxyl groups excluding tert-OH is 1. The van der Waals surface area contributed by atoms with Crippen LogP contribution in [0.2, 0.25) is 0 Å². The van der Waals surface area contributed by atoms with Crippen molar-refractivity contribution in [2.75, 3.05) is 11.9 Å². The Kier molecular flexibility index (Phi) is 3.79. The van der Waals surface area contributed by atoms with Gasteiger partial charge in [0.1, 0.15) is 5.76 Å². The third kappa shape index (κ3) is 2.78. The number of rotatable bonds is 4. The van der Waals surface area contributed by atoms with Gasteiger partial charge in [-0.2, -0.15) is 0 Å². The minimum atomic E-state index is -0.184. The summed E-state index contributed by atoms with van der Waals surface area (Å²) in [5, 5.41) is 11.6. The molecule has 0 spiro atoms. The SMILES string of the molecule is Cc1occc1C(=O)Nc1ccc(CCO)cc1. The summed E-state index contributed by atoms with van der Waals surface area (Å²) in [6.45, 7) is 1.87. The molecule has 2 rings (SSSR count). The lowest BCUT2D eigenvalue weighted by molar-refractivity contribution is 0.102. The average Bonchev–Trinajstić information content (AvgIpc) is 2.78.